The summed E-state index contributed by atoms with van der Waals surface area (Å²) in [5.41, 5.74) is 12.5. The van der Waals surface area contributed by atoms with Gasteiger partial charge >= 0.3 is 5.97 Å². The normalized spacial score (nSPS) is 16.7. The third-order valence-electron chi connectivity index (χ3n) is 10.7. The van der Waals surface area contributed by atoms with Crippen LogP contribution in [0.3, 0.4) is 0 Å². The van der Waals surface area contributed by atoms with Crippen LogP contribution in [0.5, 0.6) is 5.75 Å². The SMILES string of the molecule is CCC(=O)Oc1cccc(C2=c3ccc([nH]3)=C(C3=CCN(C)C=C3)c3ccc([nH]3)C(C3=CCN(C)C=C3)=c3ccc([nH]3)=C(C3=CCN(C)C=C3)c3ccc2[nH]3)c1. The summed E-state index contributed by atoms with van der Waals surface area (Å²) in [5.74, 6) is 0.237. The van der Waals surface area contributed by atoms with Crippen molar-refractivity contribution in [3.05, 3.63) is 194 Å². The fraction of sp³-hybridized carbons (Fsp3) is 0.170. The van der Waals surface area contributed by atoms with Crippen molar-refractivity contribution in [2.24, 2.45) is 0 Å². The minimum atomic E-state index is -0.272. The second kappa shape index (κ2) is 14.4. The van der Waals surface area contributed by atoms with Gasteiger partial charge in [0, 0.05) is 114 Å². The molecule has 0 aliphatic carbocycles. The molecule has 0 unspecified atom stereocenters. The number of likely N-dealkylation sites (N-methyl/N-ethyl adjacent to an activating group) is 3. The molecule has 4 aromatic heterocycles. The molecule has 0 spiro atoms. The first-order valence-corrected chi connectivity index (χ1v) is 19.2. The molecule has 5 aromatic rings. The van der Waals surface area contributed by atoms with E-state index < -0.39 is 0 Å². The summed E-state index contributed by atoms with van der Waals surface area (Å²) in [4.78, 5) is 34.4. The number of nitrogens with zero attached hydrogens (tertiary/aromatic N) is 3. The van der Waals surface area contributed by atoms with E-state index in [9.17, 15) is 4.79 Å². The average molecular weight is 740 g/mol. The van der Waals surface area contributed by atoms with Crippen LogP contribution < -0.4 is 26.1 Å². The van der Waals surface area contributed by atoms with E-state index in [1.165, 1.54) is 0 Å². The lowest BCUT2D eigenvalue weighted by atomic mass is 10.0. The zero-order chi connectivity index (χ0) is 38.3. The van der Waals surface area contributed by atoms with Gasteiger partial charge in [-0.3, -0.25) is 4.79 Å². The predicted octanol–water partition coefficient (Wildman–Crippen LogP) is 4.63. The molecule has 4 aliphatic rings. The third-order valence-corrected chi connectivity index (χ3v) is 10.7. The van der Waals surface area contributed by atoms with Crippen molar-refractivity contribution in [3.63, 3.8) is 0 Å². The van der Waals surface area contributed by atoms with Gasteiger partial charge in [0.05, 0.1) is 0 Å². The van der Waals surface area contributed by atoms with E-state index >= 15 is 0 Å². The van der Waals surface area contributed by atoms with E-state index in [1.54, 1.807) is 6.92 Å². The minimum Gasteiger partial charge on any atom is -0.427 e. The van der Waals surface area contributed by atoms with Crippen molar-refractivity contribution in [2.75, 3.05) is 40.8 Å². The van der Waals surface area contributed by atoms with Crippen LogP contribution in [0.1, 0.15) is 41.7 Å². The number of aromatic nitrogens is 4. The molecule has 0 saturated heterocycles. The van der Waals surface area contributed by atoms with E-state index in [2.05, 4.69) is 165 Å². The Morgan fingerprint density at radius 2 is 0.964 bits per heavy atom. The summed E-state index contributed by atoms with van der Waals surface area (Å²) in [6, 6.07) is 25.2. The van der Waals surface area contributed by atoms with Crippen molar-refractivity contribution in [3.8, 4) is 5.75 Å². The van der Waals surface area contributed by atoms with Crippen LogP contribution in [-0.2, 0) is 4.79 Å². The van der Waals surface area contributed by atoms with Gasteiger partial charge in [-0.25, -0.2) is 0 Å². The standard InChI is InChI=1S/C47H45N7O2/c1-5-43(55)56-34-8-6-7-33(29-34)47-41-15-13-39(50-41)45(31-19-25-53(3)26-20-31)37-11-9-35(48-37)44(30-17-23-52(2)24-18-30)36-10-12-38(49-36)46(40-14-16-42(47)51-40)32-21-27-54(4)28-22-32/h6-23,25,27,29,48-51H,5,24,26,28H2,1-4H3. The third kappa shape index (κ3) is 6.62. The Morgan fingerprint density at radius 3 is 1.36 bits per heavy atom. The average Bonchev–Trinajstić information content (AvgIpc) is 4.05. The van der Waals surface area contributed by atoms with Crippen LogP contribution in [0.2, 0.25) is 0 Å². The minimum absolute atomic E-state index is 0.272. The number of ether oxygens (including phenoxy) is 1. The molecule has 0 amide bonds. The monoisotopic (exact) mass is 739 g/mol. The molecule has 9 rings (SSSR count). The quantitative estimate of drug-likeness (QED) is 0.151. The molecular formula is C47H45N7O2. The highest BCUT2D eigenvalue weighted by Crippen LogP contribution is 2.30. The summed E-state index contributed by atoms with van der Waals surface area (Å²) in [6.07, 6.45) is 20.1. The number of carbonyl (C=O) groups excluding carboxylic acids is 1. The van der Waals surface area contributed by atoms with E-state index in [0.29, 0.717) is 12.2 Å². The van der Waals surface area contributed by atoms with Gasteiger partial charge in [-0.2, -0.15) is 0 Å². The topological polar surface area (TPSA) is 99.2 Å². The lowest BCUT2D eigenvalue weighted by Crippen LogP contribution is -2.21. The molecule has 0 saturated carbocycles. The number of fused-ring (bicyclic) bond motifs is 8. The lowest BCUT2D eigenvalue weighted by molar-refractivity contribution is -0.134. The second-order valence-corrected chi connectivity index (χ2v) is 14.7. The Kier molecular flexibility index (Phi) is 8.97. The molecule has 0 fully saturated rings. The molecule has 56 heavy (non-hydrogen) atoms. The Bertz CT molecular complexity index is 2820. The summed E-state index contributed by atoms with van der Waals surface area (Å²) in [5, 5.41) is 3.94. The van der Waals surface area contributed by atoms with Crippen LogP contribution in [0.4, 0.5) is 0 Å². The lowest BCUT2D eigenvalue weighted by Gasteiger charge is -2.19. The van der Waals surface area contributed by atoms with Gasteiger partial charge in [0.15, 0.2) is 0 Å². The second-order valence-electron chi connectivity index (χ2n) is 14.7. The molecule has 280 valence electrons. The number of hydrogen-bond donors (Lipinski definition) is 4. The van der Waals surface area contributed by atoms with Gasteiger partial charge in [-0.1, -0.05) is 37.3 Å². The van der Waals surface area contributed by atoms with Crippen molar-refractivity contribution in [1.82, 2.24) is 34.6 Å². The van der Waals surface area contributed by atoms with Gasteiger partial charge in [-0.05, 0) is 120 Å². The van der Waals surface area contributed by atoms with E-state index in [4.69, 9.17) is 4.74 Å². The van der Waals surface area contributed by atoms with Crippen molar-refractivity contribution in [1.29, 1.82) is 0 Å². The maximum absolute atomic E-state index is 12.4. The van der Waals surface area contributed by atoms with Gasteiger partial charge in [0.25, 0.3) is 0 Å². The number of H-pyrrole nitrogens is 4. The number of nitrogens with one attached hydrogen (secondary N) is 4. The first kappa shape index (κ1) is 34.9. The highest BCUT2D eigenvalue weighted by atomic mass is 16.5. The van der Waals surface area contributed by atoms with Gasteiger partial charge < -0.3 is 39.4 Å². The van der Waals surface area contributed by atoms with Crippen molar-refractivity contribution < 1.29 is 9.53 Å². The van der Waals surface area contributed by atoms with E-state index in [-0.39, 0.29) is 5.97 Å². The van der Waals surface area contributed by atoms with Gasteiger partial charge in [0.2, 0.25) is 0 Å². The van der Waals surface area contributed by atoms with Crippen LogP contribution in [-0.4, -0.2) is 81.4 Å². The van der Waals surface area contributed by atoms with Gasteiger partial charge in [0.1, 0.15) is 5.75 Å². The number of aromatic amines is 4. The molecule has 9 nitrogen and oxygen atoms in total. The zero-order valence-corrected chi connectivity index (χ0v) is 32.1. The summed E-state index contributed by atoms with van der Waals surface area (Å²) >= 11 is 0. The summed E-state index contributed by atoms with van der Waals surface area (Å²) < 4.78 is 5.72. The molecule has 1 aromatic carbocycles. The number of allylic oxidation sites excluding steroid dienone is 6. The molecule has 9 heteroatoms. The van der Waals surface area contributed by atoms with Crippen LogP contribution in [0, 0.1) is 0 Å². The first-order chi connectivity index (χ1) is 27.3. The highest BCUT2D eigenvalue weighted by molar-refractivity contribution is 5.86. The van der Waals surface area contributed by atoms with Gasteiger partial charge in [-0.15, -0.1) is 0 Å². The summed E-state index contributed by atoms with van der Waals surface area (Å²) in [7, 11) is 6.26. The predicted molar refractivity (Wildman–Crippen MR) is 223 cm³/mol. The van der Waals surface area contributed by atoms with E-state index in [1.807, 2.05) is 18.2 Å². The Hall–Kier alpha value is -6.87. The number of esters is 1. The van der Waals surface area contributed by atoms with Crippen LogP contribution >= 0.6 is 0 Å². The maximum Gasteiger partial charge on any atom is 0.310 e. The molecule has 0 radical (unpaired) electrons. The largest absolute Gasteiger partial charge is 0.427 e. The van der Waals surface area contributed by atoms with E-state index in [0.717, 1.165) is 108 Å². The molecule has 4 N–H and O–H groups in total. The Balaban J connectivity index is 1.37. The highest BCUT2D eigenvalue weighted by Gasteiger charge is 2.21. The number of benzene rings is 1. The Morgan fingerprint density at radius 1 is 0.554 bits per heavy atom. The number of rotatable bonds is 6. The van der Waals surface area contributed by atoms with Crippen molar-refractivity contribution >= 4 is 28.3 Å². The van der Waals surface area contributed by atoms with Crippen molar-refractivity contribution in [2.45, 2.75) is 13.3 Å². The molecule has 8 bridgehead atoms. The van der Waals surface area contributed by atoms with Crippen LogP contribution in [0.25, 0.3) is 22.3 Å². The zero-order valence-electron chi connectivity index (χ0n) is 32.1. The molecule has 8 heterocycles. The summed E-state index contributed by atoms with van der Waals surface area (Å²) in [6.45, 7) is 4.23. The molecule has 0 atom stereocenters. The fourth-order valence-electron chi connectivity index (χ4n) is 7.78. The Labute approximate surface area is 325 Å². The first-order valence-electron chi connectivity index (χ1n) is 19.2. The van der Waals surface area contributed by atoms with Crippen LogP contribution in [0.15, 0.2) is 145 Å². The molecule has 4 aliphatic heterocycles. The fourth-order valence-corrected chi connectivity index (χ4v) is 7.78. The smallest absolute Gasteiger partial charge is 0.310 e. The maximum atomic E-state index is 12.4. The number of hydrogen-bond acceptors (Lipinski definition) is 5. The molecular weight excluding hydrogens is 695 g/mol. The number of carbonyl (C=O) groups is 1.